The van der Waals surface area contributed by atoms with Gasteiger partial charge in [0.2, 0.25) is 0 Å². The first kappa shape index (κ1) is 12.8. The molecule has 0 unspecified atom stereocenters. The van der Waals surface area contributed by atoms with Gasteiger partial charge in [0.1, 0.15) is 11.0 Å². The topological polar surface area (TPSA) is 16.1 Å². The minimum atomic E-state index is -0.209. The monoisotopic (exact) mass is 264 g/mol. The van der Waals surface area contributed by atoms with Gasteiger partial charge in [-0.3, -0.25) is 0 Å². The predicted octanol–water partition coefficient (Wildman–Crippen LogP) is 3.90. The van der Waals surface area contributed by atoms with Crippen molar-refractivity contribution >= 4 is 17.3 Å². The zero-order valence-electron chi connectivity index (χ0n) is 10.1. The van der Waals surface area contributed by atoms with Crippen LogP contribution in [0.4, 0.5) is 10.1 Å². The lowest BCUT2D eigenvalue weighted by Crippen LogP contribution is -2.23. The summed E-state index contributed by atoms with van der Waals surface area (Å²) in [6.45, 7) is 3.33. The number of rotatable bonds is 4. The Hall–Kier alpha value is -1.61. The molecule has 94 valence electrons. The first-order valence-electron chi connectivity index (χ1n) is 5.80. The van der Waals surface area contributed by atoms with Crippen LogP contribution in [-0.4, -0.2) is 11.5 Å². The molecule has 18 heavy (non-hydrogen) atoms. The maximum absolute atomic E-state index is 13.7. The van der Waals surface area contributed by atoms with Crippen LogP contribution < -0.4 is 4.90 Å². The lowest BCUT2D eigenvalue weighted by Gasteiger charge is -2.23. The SMILES string of the molecule is CCN(Cc1ccnc(Cl)c1)c1ccccc1F. The van der Waals surface area contributed by atoms with Crippen LogP contribution >= 0.6 is 11.6 Å². The summed E-state index contributed by atoms with van der Waals surface area (Å²) < 4.78 is 13.7. The summed E-state index contributed by atoms with van der Waals surface area (Å²) in [6, 6.07) is 10.5. The molecule has 0 aliphatic heterocycles. The standard InChI is InChI=1S/C14H14ClFN2/c1-2-18(13-6-4-3-5-12(13)16)10-11-7-8-17-14(15)9-11/h3-9H,2,10H2,1H3. The molecule has 0 aliphatic rings. The van der Waals surface area contributed by atoms with E-state index >= 15 is 0 Å². The lowest BCUT2D eigenvalue weighted by molar-refractivity contribution is 0.618. The summed E-state index contributed by atoms with van der Waals surface area (Å²) in [4.78, 5) is 5.90. The molecule has 2 rings (SSSR count). The van der Waals surface area contributed by atoms with Crippen LogP contribution in [0.5, 0.6) is 0 Å². The van der Waals surface area contributed by atoms with Gasteiger partial charge in [0.05, 0.1) is 5.69 Å². The smallest absolute Gasteiger partial charge is 0.146 e. The number of anilines is 1. The van der Waals surface area contributed by atoms with Gasteiger partial charge in [-0.25, -0.2) is 9.37 Å². The van der Waals surface area contributed by atoms with Crippen molar-refractivity contribution in [1.29, 1.82) is 0 Å². The highest BCUT2D eigenvalue weighted by Crippen LogP contribution is 2.21. The third-order valence-corrected chi connectivity index (χ3v) is 2.95. The van der Waals surface area contributed by atoms with E-state index in [9.17, 15) is 4.39 Å². The van der Waals surface area contributed by atoms with E-state index < -0.39 is 0 Å². The van der Waals surface area contributed by atoms with Crippen molar-refractivity contribution in [2.75, 3.05) is 11.4 Å². The molecular formula is C14H14ClFN2. The molecule has 2 nitrogen and oxygen atoms in total. The third kappa shape index (κ3) is 2.99. The molecule has 0 spiro atoms. The van der Waals surface area contributed by atoms with Gasteiger partial charge in [-0.15, -0.1) is 0 Å². The average Bonchev–Trinajstić information content (AvgIpc) is 2.37. The molecule has 0 aliphatic carbocycles. The van der Waals surface area contributed by atoms with Crippen molar-refractivity contribution in [1.82, 2.24) is 4.98 Å². The van der Waals surface area contributed by atoms with E-state index in [-0.39, 0.29) is 5.82 Å². The van der Waals surface area contributed by atoms with Gasteiger partial charge in [-0.1, -0.05) is 23.7 Å². The number of aromatic nitrogens is 1. The van der Waals surface area contributed by atoms with Gasteiger partial charge >= 0.3 is 0 Å². The Bertz CT molecular complexity index is 531. The quantitative estimate of drug-likeness (QED) is 0.779. The molecule has 0 saturated carbocycles. The summed E-state index contributed by atoms with van der Waals surface area (Å²) in [5.41, 5.74) is 1.62. The van der Waals surface area contributed by atoms with Crippen LogP contribution in [-0.2, 0) is 6.54 Å². The number of benzene rings is 1. The second-order valence-electron chi connectivity index (χ2n) is 3.95. The van der Waals surface area contributed by atoms with Crippen LogP contribution in [0.2, 0.25) is 5.15 Å². The lowest BCUT2D eigenvalue weighted by atomic mass is 10.2. The molecule has 0 radical (unpaired) electrons. The first-order valence-corrected chi connectivity index (χ1v) is 6.18. The summed E-state index contributed by atoms with van der Waals surface area (Å²) in [7, 11) is 0. The number of pyridine rings is 1. The van der Waals surface area contributed by atoms with Gasteiger partial charge < -0.3 is 4.90 Å². The van der Waals surface area contributed by atoms with Crippen molar-refractivity contribution in [2.24, 2.45) is 0 Å². The van der Waals surface area contributed by atoms with Crippen LogP contribution in [0.3, 0.4) is 0 Å². The fourth-order valence-electron chi connectivity index (χ4n) is 1.84. The van der Waals surface area contributed by atoms with E-state index in [0.717, 1.165) is 12.1 Å². The van der Waals surface area contributed by atoms with E-state index in [0.29, 0.717) is 17.4 Å². The van der Waals surface area contributed by atoms with Crippen molar-refractivity contribution in [3.8, 4) is 0 Å². The number of nitrogens with zero attached hydrogens (tertiary/aromatic N) is 2. The average molecular weight is 265 g/mol. The van der Waals surface area contributed by atoms with Gasteiger partial charge in [-0.05, 0) is 36.8 Å². The first-order chi connectivity index (χ1) is 8.70. The van der Waals surface area contributed by atoms with Gasteiger partial charge in [0.25, 0.3) is 0 Å². The summed E-state index contributed by atoms with van der Waals surface area (Å²) in [5, 5.41) is 0.456. The molecule has 1 heterocycles. The summed E-state index contributed by atoms with van der Waals surface area (Å²) in [6.07, 6.45) is 1.66. The van der Waals surface area contributed by atoms with E-state index in [4.69, 9.17) is 11.6 Å². The van der Waals surface area contributed by atoms with Crippen molar-refractivity contribution in [2.45, 2.75) is 13.5 Å². The molecule has 0 fully saturated rings. The normalized spacial score (nSPS) is 10.4. The third-order valence-electron chi connectivity index (χ3n) is 2.74. The molecule has 2 aromatic rings. The van der Waals surface area contributed by atoms with Gasteiger partial charge in [-0.2, -0.15) is 0 Å². The highest BCUT2D eigenvalue weighted by molar-refractivity contribution is 6.29. The van der Waals surface area contributed by atoms with Crippen molar-refractivity contribution < 1.29 is 4.39 Å². The van der Waals surface area contributed by atoms with Crippen LogP contribution in [0.1, 0.15) is 12.5 Å². The Morgan fingerprint density at radius 3 is 2.72 bits per heavy atom. The number of para-hydroxylation sites is 1. The molecule has 0 atom stereocenters. The number of hydrogen-bond donors (Lipinski definition) is 0. The fourth-order valence-corrected chi connectivity index (χ4v) is 2.03. The van der Waals surface area contributed by atoms with E-state index in [1.165, 1.54) is 6.07 Å². The number of halogens is 2. The zero-order valence-corrected chi connectivity index (χ0v) is 10.9. The molecule has 1 aromatic heterocycles. The van der Waals surface area contributed by atoms with E-state index in [2.05, 4.69) is 4.98 Å². The minimum absolute atomic E-state index is 0.209. The van der Waals surface area contributed by atoms with Crippen LogP contribution in [0.25, 0.3) is 0 Å². The zero-order chi connectivity index (χ0) is 13.0. The van der Waals surface area contributed by atoms with Crippen LogP contribution in [0, 0.1) is 5.82 Å². The van der Waals surface area contributed by atoms with E-state index in [1.54, 1.807) is 24.4 Å². The van der Waals surface area contributed by atoms with Gasteiger partial charge in [0.15, 0.2) is 0 Å². The Kier molecular flexibility index (Phi) is 4.15. The highest BCUT2D eigenvalue weighted by Gasteiger charge is 2.09. The highest BCUT2D eigenvalue weighted by atomic mass is 35.5. The molecule has 4 heteroatoms. The predicted molar refractivity (Wildman–Crippen MR) is 72.4 cm³/mol. The second kappa shape index (κ2) is 5.83. The van der Waals surface area contributed by atoms with Crippen molar-refractivity contribution in [3.63, 3.8) is 0 Å². The van der Waals surface area contributed by atoms with Gasteiger partial charge in [0, 0.05) is 19.3 Å². The Morgan fingerprint density at radius 1 is 1.28 bits per heavy atom. The summed E-state index contributed by atoms with van der Waals surface area (Å²) in [5.74, 6) is -0.209. The summed E-state index contributed by atoms with van der Waals surface area (Å²) >= 11 is 5.85. The second-order valence-corrected chi connectivity index (χ2v) is 4.34. The Labute approximate surface area is 111 Å². The van der Waals surface area contributed by atoms with Crippen LogP contribution in [0.15, 0.2) is 42.6 Å². The molecule has 1 aromatic carbocycles. The Balaban J connectivity index is 2.23. The molecular weight excluding hydrogens is 251 g/mol. The minimum Gasteiger partial charge on any atom is -0.365 e. The number of hydrogen-bond acceptors (Lipinski definition) is 2. The van der Waals surface area contributed by atoms with Crippen molar-refractivity contribution in [3.05, 3.63) is 59.1 Å². The molecule has 0 amide bonds. The molecule has 0 bridgehead atoms. The maximum atomic E-state index is 13.7. The fraction of sp³-hybridized carbons (Fsp3) is 0.214. The Morgan fingerprint density at radius 2 is 2.06 bits per heavy atom. The van der Waals surface area contributed by atoms with E-state index in [1.807, 2.05) is 24.0 Å². The maximum Gasteiger partial charge on any atom is 0.146 e. The largest absolute Gasteiger partial charge is 0.365 e. The molecule has 0 saturated heterocycles. The molecule has 0 N–H and O–H groups in total.